The first-order valence-corrected chi connectivity index (χ1v) is 13.6. The van der Waals surface area contributed by atoms with Gasteiger partial charge in [0.05, 0.1) is 10.3 Å². The van der Waals surface area contributed by atoms with Crippen LogP contribution < -0.4 is 25.0 Å². The molecule has 2 aliphatic heterocycles. The molecule has 6 rings (SSSR count). The number of hydrogen-bond donors (Lipinski definition) is 3. The Kier molecular flexibility index (Phi) is 5.86. The van der Waals surface area contributed by atoms with Crippen LogP contribution in [0.1, 0.15) is 28.2 Å². The van der Waals surface area contributed by atoms with Crippen molar-refractivity contribution in [2.45, 2.75) is 36.1 Å². The van der Waals surface area contributed by atoms with E-state index < -0.39 is 27.4 Å². The van der Waals surface area contributed by atoms with Crippen molar-refractivity contribution < 1.29 is 36.6 Å². The van der Waals surface area contributed by atoms with Gasteiger partial charge in [-0.3, -0.25) is 14.4 Å². The van der Waals surface area contributed by atoms with Crippen molar-refractivity contribution in [2.24, 2.45) is 0 Å². The minimum atomic E-state index is -3.91. The molecule has 2 heterocycles. The maximum atomic E-state index is 13.4. The number of ether oxygens (including phenoxy) is 2. The molecular weight excluding hydrogens is 510 g/mol. The second kappa shape index (κ2) is 9.12. The highest BCUT2D eigenvalue weighted by Gasteiger charge is 2.51. The van der Waals surface area contributed by atoms with Gasteiger partial charge in [-0.1, -0.05) is 24.3 Å². The lowest BCUT2D eigenvalue weighted by atomic mass is 9.94. The first-order valence-electron chi connectivity index (χ1n) is 12.1. The molecule has 202 valence electrons. The van der Waals surface area contributed by atoms with Gasteiger partial charge in [0.25, 0.3) is 5.91 Å². The highest BCUT2D eigenvalue weighted by molar-refractivity contribution is 7.89. The van der Waals surface area contributed by atoms with Crippen LogP contribution in [0.15, 0.2) is 65.6 Å². The van der Waals surface area contributed by atoms with Crippen molar-refractivity contribution in [1.82, 2.24) is 10.2 Å². The average Bonchev–Trinajstić information content (AvgIpc) is 3.43. The van der Waals surface area contributed by atoms with Gasteiger partial charge in [0.15, 0.2) is 11.5 Å². The summed E-state index contributed by atoms with van der Waals surface area (Å²) in [6.07, 6.45) is 1.49. The summed E-state index contributed by atoms with van der Waals surface area (Å²) < 4.78 is 38.6. The normalized spacial score (nSPS) is 19.2. The molecule has 3 aromatic carbocycles. The molecule has 1 aliphatic carbocycles. The second-order valence-electron chi connectivity index (χ2n) is 9.61. The van der Waals surface area contributed by atoms with Crippen molar-refractivity contribution in [1.29, 1.82) is 0 Å². The summed E-state index contributed by atoms with van der Waals surface area (Å²) in [7, 11) is -3.91. The first-order chi connectivity index (χ1) is 18.2. The predicted octanol–water partition coefficient (Wildman–Crippen LogP) is 3.51. The van der Waals surface area contributed by atoms with E-state index in [-0.39, 0.29) is 28.5 Å². The molecule has 0 radical (unpaired) electrons. The van der Waals surface area contributed by atoms with Crippen molar-refractivity contribution in [3.05, 3.63) is 71.8 Å². The number of hydroxylamine groups is 1. The number of benzene rings is 3. The van der Waals surface area contributed by atoms with E-state index in [1.165, 1.54) is 12.1 Å². The smallest absolute Gasteiger partial charge is 0.264 e. The third-order valence-electron chi connectivity index (χ3n) is 7.12. The Morgan fingerprint density at radius 2 is 1.79 bits per heavy atom. The van der Waals surface area contributed by atoms with E-state index in [9.17, 15) is 18.0 Å². The molecule has 3 N–H and O–H groups in total. The number of rotatable bonds is 7. The molecule has 3 aliphatic rings. The SMILES string of the molecule is Cc1ccc(NC(=O)C2(c3ccc4c(c3)OCO4)CC2)cc1-c1ccc(S(=O)(=O)N[C@@H]2CONC2=O)cc1.[HH].[HH].[HH]. The van der Waals surface area contributed by atoms with E-state index in [2.05, 4.69) is 15.5 Å². The van der Waals surface area contributed by atoms with Gasteiger partial charge in [-0.2, -0.15) is 4.72 Å². The van der Waals surface area contributed by atoms with Crippen molar-refractivity contribution in [3.8, 4) is 22.6 Å². The van der Waals surface area contributed by atoms with Gasteiger partial charge in [0.1, 0.15) is 12.6 Å². The fraction of sp³-hybridized carbons (Fsp3) is 0.259. The van der Waals surface area contributed by atoms with Gasteiger partial charge in [-0.05, 0) is 78.4 Å². The Morgan fingerprint density at radius 1 is 1.03 bits per heavy atom. The maximum Gasteiger partial charge on any atom is 0.264 e. The molecule has 0 unspecified atom stereocenters. The lowest BCUT2D eigenvalue weighted by molar-refractivity contribution is -0.124. The first kappa shape index (κ1) is 24.4. The molecular formula is C27H31N3O7S. The van der Waals surface area contributed by atoms with Gasteiger partial charge >= 0.3 is 0 Å². The largest absolute Gasteiger partial charge is 0.454 e. The number of sulfonamides is 1. The zero-order chi connectivity index (χ0) is 26.5. The maximum absolute atomic E-state index is 13.4. The summed E-state index contributed by atoms with van der Waals surface area (Å²) in [5.41, 5.74) is 5.68. The average molecular weight is 542 g/mol. The third kappa shape index (κ3) is 4.38. The highest BCUT2D eigenvalue weighted by atomic mass is 32.2. The van der Waals surface area contributed by atoms with Crippen LogP contribution in [0.3, 0.4) is 0 Å². The van der Waals surface area contributed by atoms with Gasteiger partial charge in [0, 0.05) is 9.97 Å². The summed E-state index contributed by atoms with van der Waals surface area (Å²) in [6.45, 7) is 2.05. The molecule has 10 nitrogen and oxygen atoms in total. The lowest BCUT2D eigenvalue weighted by Gasteiger charge is -2.17. The molecule has 2 amide bonds. The van der Waals surface area contributed by atoms with E-state index in [1.807, 2.05) is 43.3 Å². The molecule has 3 aromatic rings. The summed E-state index contributed by atoms with van der Waals surface area (Å²) in [4.78, 5) is 29.8. The van der Waals surface area contributed by atoms with E-state index in [0.29, 0.717) is 17.2 Å². The van der Waals surface area contributed by atoms with Crippen molar-refractivity contribution >= 4 is 27.5 Å². The Hall–Kier alpha value is -3.93. The van der Waals surface area contributed by atoms with E-state index in [1.54, 1.807) is 12.1 Å². The van der Waals surface area contributed by atoms with Crippen LogP contribution in [0.4, 0.5) is 5.69 Å². The Bertz CT molecular complexity index is 1560. The van der Waals surface area contributed by atoms with Crippen LogP contribution in [-0.4, -0.2) is 39.7 Å². The van der Waals surface area contributed by atoms with Crippen molar-refractivity contribution in [3.63, 3.8) is 0 Å². The summed E-state index contributed by atoms with van der Waals surface area (Å²) in [5.74, 6) is 0.713. The second-order valence-corrected chi connectivity index (χ2v) is 11.3. The Balaban J connectivity index is 0.00000154. The van der Waals surface area contributed by atoms with Gasteiger partial charge in [-0.15, -0.1) is 0 Å². The summed E-state index contributed by atoms with van der Waals surface area (Å²) in [5, 5.41) is 3.06. The molecule has 0 bridgehead atoms. The predicted molar refractivity (Wildman–Crippen MR) is 143 cm³/mol. The molecule has 38 heavy (non-hydrogen) atoms. The number of carbonyl (C=O) groups excluding carboxylic acids is 2. The third-order valence-corrected chi connectivity index (χ3v) is 8.61. The number of carbonyl (C=O) groups is 2. The standard InChI is InChI=1S/C27H25N3O7S.3H2/c1-16-2-6-19(28-26(32)27(10-11-27)18-5-9-23-24(12-18)36-15-35-23)13-21(16)17-3-7-20(8-4-17)38(33,34)30-22-14-37-29-25(22)31;;;/h2-9,12-13,22,30H,10-11,14-15H2,1H3,(H,28,32)(H,29,31);3*1H/t22-;;;/m1.../s1. The van der Waals surface area contributed by atoms with E-state index in [0.717, 1.165) is 35.1 Å². The van der Waals surface area contributed by atoms with Crippen LogP contribution in [0, 0.1) is 6.92 Å². The fourth-order valence-corrected chi connectivity index (χ4v) is 5.91. The molecule has 0 aromatic heterocycles. The highest BCUT2D eigenvalue weighted by Crippen LogP contribution is 2.51. The molecule has 1 saturated carbocycles. The Morgan fingerprint density at radius 3 is 2.50 bits per heavy atom. The fourth-order valence-electron chi connectivity index (χ4n) is 4.73. The quantitative estimate of drug-likeness (QED) is 0.417. The number of anilines is 1. The molecule has 1 atom stereocenters. The van der Waals surface area contributed by atoms with Crippen LogP contribution in [0.25, 0.3) is 11.1 Å². The minimum absolute atomic E-state index is 0. The number of nitrogens with one attached hydrogen (secondary N) is 3. The van der Waals surface area contributed by atoms with Gasteiger partial charge in [-0.25, -0.2) is 13.9 Å². The Labute approximate surface area is 223 Å². The van der Waals surface area contributed by atoms with Gasteiger partial charge in [0.2, 0.25) is 22.7 Å². The minimum Gasteiger partial charge on any atom is -0.454 e. The van der Waals surface area contributed by atoms with Gasteiger partial charge < -0.3 is 14.8 Å². The van der Waals surface area contributed by atoms with Crippen LogP contribution in [-0.2, 0) is 29.9 Å². The number of hydrogen-bond acceptors (Lipinski definition) is 7. The molecule has 2 fully saturated rings. The molecule has 0 spiro atoms. The van der Waals surface area contributed by atoms with E-state index >= 15 is 0 Å². The van der Waals surface area contributed by atoms with E-state index in [4.69, 9.17) is 14.3 Å². The monoisotopic (exact) mass is 541 g/mol. The molecule has 11 heteroatoms. The number of amides is 2. The van der Waals surface area contributed by atoms with Crippen LogP contribution >= 0.6 is 0 Å². The topological polar surface area (TPSA) is 132 Å². The molecule has 1 saturated heterocycles. The summed E-state index contributed by atoms with van der Waals surface area (Å²) in [6, 6.07) is 16.7. The zero-order valence-corrected chi connectivity index (χ0v) is 21.3. The summed E-state index contributed by atoms with van der Waals surface area (Å²) >= 11 is 0. The lowest BCUT2D eigenvalue weighted by Crippen LogP contribution is -2.41. The van der Waals surface area contributed by atoms with Crippen LogP contribution in [0.2, 0.25) is 0 Å². The van der Waals surface area contributed by atoms with Crippen molar-refractivity contribution in [2.75, 3.05) is 18.7 Å². The zero-order valence-electron chi connectivity index (χ0n) is 20.4. The number of aryl methyl sites for hydroxylation is 1. The van der Waals surface area contributed by atoms with Crippen LogP contribution in [0.5, 0.6) is 11.5 Å². The number of fused-ring (bicyclic) bond motifs is 1.